The summed E-state index contributed by atoms with van der Waals surface area (Å²) in [4.78, 5) is 0. The van der Waals surface area contributed by atoms with Crippen LogP contribution in [0.5, 0.6) is 0 Å². The van der Waals surface area contributed by atoms with Gasteiger partial charge in [-0.1, -0.05) is 24.6 Å². The first-order valence-corrected chi connectivity index (χ1v) is 6.46. The quantitative estimate of drug-likeness (QED) is 0.855. The van der Waals surface area contributed by atoms with Gasteiger partial charge >= 0.3 is 0 Å². The maximum Gasteiger partial charge on any atom is 0.130 e. The lowest BCUT2D eigenvalue weighted by Gasteiger charge is -2.13. The molecule has 4 heteroatoms. The molecule has 1 aliphatic heterocycles. The molecular weight excluding hydrogens is 233 g/mol. The summed E-state index contributed by atoms with van der Waals surface area (Å²) in [6.45, 7) is 2.14. The highest BCUT2D eigenvalue weighted by atomic mass is 35.5. The van der Waals surface area contributed by atoms with Crippen molar-refractivity contribution in [3.63, 3.8) is 0 Å². The van der Waals surface area contributed by atoms with Gasteiger partial charge < -0.3 is 0 Å². The second-order valence-corrected chi connectivity index (χ2v) is 5.23. The molecule has 0 bridgehead atoms. The van der Waals surface area contributed by atoms with Crippen molar-refractivity contribution in [2.75, 3.05) is 5.75 Å². The number of rotatable bonds is 2. The number of hydrogen-bond acceptors (Lipinski definition) is 2. The average molecular weight is 246 g/mol. The van der Waals surface area contributed by atoms with Crippen LogP contribution in [0.25, 0.3) is 0 Å². The summed E-state index contributed by atoms with van der Waals surface area (Å²) in [6, 6.07) is 5.37. The zero-order valence-corrected chi connectivity index (χ0v) is 10.0. The lowest BCUT2D eigenvalue weighted by atomic mass is 10.2. The molecule has 0 spiro atoms. The SMILES string of the molecule is CCC1CSC(c2ccc(Cl)cc2F)N1. The van der Waals surface area contributed by atoms with E-state index in [0.717, 1.165) is 12.2 Å². The lowest BCUT2D eigenvalue weighted by Crippen LogP contribution is -2.25. The molecule has 0 amide bonds. The summed E-state index contributed by atoms with van der Waals surface area (Å²) in [7, 11) is 0. The van der Waals surface area contributed by atoms with Crippen LogP contribution in [0.3, 0.4) is 0 Å². The number of hydrogen-bond donors (Lipinski definition) is 1. The summed E-state index contributed by atoms with van der Waals surface area (Å²) in [5.41, 5.74) is 0.709. The Morgan fingerprint density at radius 1 is 1.60 bits per heavy atom. The Hall–Kier alpha value is -0.250. The molecule has 0 saturated carbocycles. The van der Waals surface area contributed by atoms with Gasteiger partial charge in [0.1, 0.15) is 5.82 Å². The second-order valence-electron chi connectivity index (χ2n) is 3.65. The van der Waals surface area contributed by atoms with E-state index < -0.39 is 0 Å². The van der Waals surface area contributed by atoms with E-state index in [-0.39, 0.29) is 11.2 Å². The Kier molecular flexibility index (Phi) is 3.54. The first-order chi connectivity index (χ1) is 7.20. The van der Waals surface area contributed by atoms with Crippen LogP contribution >= 0.6 is 23.4 Å². The van der Waals surface area contributed by atoms with Gasteiger partial charge in [0.05, 0.1) is 5.37 Å². The van der Waals surface area contributed by atoms with Crippen molar-refractivity contribution < 1.29 is 4.39 Å². The fourth-order valence-electron chi connectivity index (χ4n) is 1.65. The Labute approximate surface area is 98.4 Å². The zero-order chi connectivity index (χ0) is 10.8. The van der Waals surface area contributed by atoms with Crippen molar-refractivity contribution in [2.45, 2.75) is 24.8 Å². The van der Waals surface area contributed by atoms with Gasteiger partial charge in [-0.05, 0) is 18.6 Å². The topological polar surface area (TPSA) is 12.0 Å². The van der Waals surface area contributed by atoms with E-state index in [2.05, 4.69) is 12.2 Å². The van der Waals surface area contributed by atoms with Crippen molar-refractivity contribution in [3.8, 4) is 0 Å². The minimum absolute atomic E-state index is 0.0761. The van der Waals surface area contributed by atoms with Crippen LogP contribution in [0.1, 0.15) is 24.3 Å². The van der Waals surface area contributed by atoms with Crippen LogP contribution in [0, 0.1) is 5.82 Å². The van der Waals surface area contributed by atoms with Crippen molar-refractivity contribution in [1.29, 1.82) is 0 Å². The largest absolute Gasteiger partial charge is 0.298 e. The molecule has 1 heterocycles. The molecule has 1 nitrogen and oxygen atoms in total. The summed E-state index contributed by atoms with van der Waals surface area (Å²) in [5.74, 6) is 0.827. The molecule has 0 radical (unpaired) electrons. The second kappa shape index (κ2) is 4.73. The van der Waals surface area contributed by atoms with Gasteiger partial charge in [-0.2, -0.15) is 0 Å². The highest BCUT2D eigenvalue weighted by Crippen LogP contribution is 2.35. The Morgan fingerprint density at radius 3 is 3.00 bits per heavy atom. The fraction of sp³-hybridized carbons (Fsp3) is 0.455. The van der Waals surface area contributed by atoms with E-state index >= 15 is 0 Å². The normalized spacial score (nSPS) is 25.8. The minimum atomic E-state index is -0.218. The monoisotopic (exact) mass is 245 g/mol. The molecule has 2 unspecified atom stereocenters. The highest BCUT2D eigenvalue weighted by Gasteiger charge is 2.26. The lowest BCUT2D eigenvalue weighted by molar-refractivity contribution is 0.538. The molecular formula is C11H13ClFNS. The van der Waals surface area contributed by atoms with Crippen LogP contribution in [-0.2, 0) is 0 Å². The maximum atomic E-state index is 13.6. The molecule has 0 aromatic heterocycles. The summed E-state index contributed by atoms with van der Waals surface area (Å²) < 4.78 is 13.6. The third-order valence-corrected chi connectivity index (χ3v) is 4.14. The summed E-state index contributed by atoms with van der Waals surface area (Å²) >= 11 is 7.47. The first kappa shape index (κ1) is 11.2. The molecule has 1 fully saturated rings. The number of nitrogens with one attached hydrogen (secondary N) is 1. The van der Waals surface area contributed by atoms with E-state index in [1.165, 1.54) is 6.07 Å². The fourth-order valence-corrected chi connectivity index (χ4v) is 3.23. The van der Waals surface area contributed by atoms with Crippen LogP contribution in [0.2, 0.25) is 5.02 Å². The Bertz CT molecular complexity index is 358. The van der Waals surface area contributed by atoms with Crippen LogP contribution in [0.15, 0.2) is 18.2 Å². The van der Waals surface area contributed by atoms with Gasteiger partial charge in [-0.25, -0.2) is 4.39 Å². The Morgan fingerprint density at radius 2 is 2.40 bits per heavy atom. The van der Waals surface area contributed by atoms with Gasteiger partial charge in [0, 0.05) is 22.4 Å². The average Bonchev–Trinajstić information content (AvgIpc) is 2.66. The standard InChI is InChI=1S/C11H13ClFNS/c1-2-8-6-15-11(14-8)9-4-3-7(12)5-10(9)13/h3-5,8,11,14H,2,6H2,1H3. The molecule has 2 rings (SSSR count). The van der Waals surface area contributed by atoms with Crippen LogP contribution in [-0.4, -0.2) is 11.8 Å². The van der Waals surface area contributed by atoms with Crippen molar-refractivity contribution in [2.24, 2.45) is 0 Å². The van der Waals surface area contributed by atoms with Gasteiger partial charge in [0.2, 0.25) is 0 Å². The molecule has 2 atom stereocenters. The van der Waals surface area contributed by atoms with Gasteiger partial charge in [0.15, 0.2) is 0 Å². The van der Waals surface area contributed by atoms with E-state index in [1.54, 1.807) is 23.9 Å². The van der Waals surface area contributed by atoms with E-state index in [9.17, 15) is 4.39 Å². The summed E-state index contributed by atoms with van der Waals surface area (Å²) in [6.07, 6.45) is 1.08. The maximum absolute atomic E-state index is 13.6. The van der Waals surface area contributed by atoms with Crippen LogP contribution in [0.4, 0.5) is 4.39 Å². The van der Waals surface area contributed by atoms with Crippen LogP contribution < -0.4 is 5.32 Å². The number of benzene rings is 1. The highest BCUT2D eigenvalue weighted by molar-refractivity contribution is 7.99. The van der Waals surface area contributed by atoms with Gasteiger partial charge in [-0.15, -0.1) is 11.8 Å². The minimum Gasteiger partial charge on any atom is -0.298 e. The third-order valence-electron chi connectivity index (χ3n) is 2.59. The predicted molar refractivity (Wildman–Crippen MR) is 63.8 cm³/mol. The first-order valence-electron chi connectivity index (χ1n) is 5.03. The molecule has 1 aromatic rings. The smallest absolute Gasteiger partial charge is 0.130 e. The number of halogens is 2. The van der Waals surface area contributed by atoms with E-state index in [0.29, 0.717) is 16.6 Å². The van der Waals surface area contributed by atoms with E-state index in [1.807, 2.05) is 0 Å². The molecule has 1 aromatic carbocycles. The Balaban J connectivity index is 2.17. The molecule has 1 N–H and O–H groups in total. The third kappa shape index (κ3) is 2.47. The summed E-state index contributed by atoms with van der Waals surface area (Å²) in [5, 5.41) is 3.92. The van der Waals surface area contributed by atoms with Gasteiger partial charge in [-0.3, -0.25) is 5.32 Å². The van der Waals surface area contributed by atoms with Gasteiger partial charge in [0.25, 0.3) is 0 Å². The van der Waals surface area contributed by atoms with Crippen molar-refractivity contribution in [1.82, 2.24) is 5.32 Å². The van der Waals surface area contributed by atoms with E-state index in [4.69, 9.17) is 11.6 Å². The molecule has 1 aliphatic rings. The zero-order valence-electron chi connectivity index (χ0n) is 8.47. The molecule has 15 heavy (non-hydrogen) atoms. The van der Waals surface area contributed by atoms with Crippen molar-refractivity contribution >= 4 is 23.4 Å². The molecule has 82 valence electrons. The molecule has 1 saturated heterocycles. The molecule has 0 aliphatic carbocycles. The van der Waals surface area contributed by atoms with Crippen molar-refractivity contribution in [3.05, 3.63) is 34.6 Å². The number of thioether (sulfide) groups is 1. The predicted octanol–water partition coefficient (Wildman–Crippen LogP) is 3.59.